The minimum Gasteiger partial charge on any atom is -0.363 e. The summed E-state index contributed by atoms with van der Waals surface area (Å²) in [7, 11) is 0. The van der Waals surface area contributed by atoms with Gasteiger partial charge >= 0.3 is 0 Å². The smallest absolute Gasteiger partial charge is 0.116 e. The molecule has 106 valence electrons. The van der Waals surface area contributed by atoms with Crippen LogP contribution in [0, 0.1) is 0 Å². The second kappa shape index (κ2) is 5.78. The van der Waals surface area contributed by atoms with Crippen LogP contribution < -0.4 is 5.32 Å². The summed E-state index contributed by atoms with van der Waals surface area (Å²) >= 11 is 1.74. The van der Waals surface area contributed by atoms with E-state index in [9.17, 15) is 0 Å². The largest absolute Gasteiger partial charge is 0.363 e. The minimum absolute atomic E-state index is 0.0668. The normalized spacial score (nSPS) is 16.7. The predicted molar refractivity (Wildman–Crippen MR) is 93.3 cm³/mol. The summed E-state index contributed by atoms with van der Waals surface area (Å²) in [6, 6.07) is 16.7. The van der Waals surface area contributed by atoms with Crippen molar-refractivity contribution in [2.75, 3.05) is 11.6 Å². The van der Waals surface area contributed by atoms with Gasteiger partial charge in [-0.1, -0.05) is 36.9 Å². The molecular weight excluding hydrogens is 276 g/mol. The number of fused-ring (bicyclic) bond motifs is 1. The molecule has 0 fully saturated rings. The summed E-state index contributed by atoms with van der Waals surface area (Å²) in [5, 5.41) is 3.38. The number of benzene rings is 2. The van der Waals surface area contributed by atoms with Crippen LogP contribution in [0.4, 0.5) is 5.69 Å². The fraction of sp³-hybridized carbons (Fsp3) is 0.167. The lowest BCUT2D eigenvalue weighted by Crippen LogP contribution is -2.23. The Balaban J connectivity index is 2.00. The molecule has 0 aliphatic carbocycles. The molecule has 1 atom stereocenters. The molecule has 1 unspecified atom stereocenters. The number of nitrogens with zero attached hydrogens (tertiary/aromatic N) is 1. The number of hydrogen-bond acceptors (Lipinski definition) is 3. The number of thioether (sulfide) groups is 1. The summed E-state index contributed by atoms with van der Waals surface area (Å²) in [5.41, 5.74) is 5.32. The van der Waals surface area contributed by atoms with Crippen LogP contribution in [0.1, 0.15) is 18.1 Å². The predicted octanol–water partition coefficient (Wildman–Crippen LogP) is 4.68. The number of hydrogen-bond donors (Lipinski definition) is 1. The van der Waals surface area contributed by atoms with Gasteiger partial charge in [-0.2, -0.15) is 0 Å². The molecule has 3 rings (SSSR count). The Labute approximate surface area is 130 Å². The van der Waals surface area contributed by atoms with Crippen LogP contribution in [0.15, 0.2) is 65.0 Å². The molecule has 1 aliphatic heterocycles. The van der Waals surface area contributed by atoms with E-state index >= 15 is 0 Å². The third-order valence-electron chi connectivity index (χ3n) is 3.59. The van der Waals surface area contributed by atoms with Gasteiger partial charge < -0.3 is 5.32 Å². The van der Waals surface area contributed by atoms with Crippen molar-refractivity contribution in [3.63, 3.8) is 0 Å². The first-order valence-corrected chi connectivity index (χ1v) is 8.19. The van der Waals surface area contributed by atoms with Gasteiger partial charge in [0.1, 0.15) is 6.17 Å². The summed E-state index contributed by atoms with van der Waals surface area (Å²) in [5.74, 6) is 0. The Morgan fingerprint density at radius 3 is 2.57 bits per heavy atom. The van der Waals surface area contributed by atoms with Crippen molar-refractivity contribution in [3.8, 4) is 0 Å². The van der Waals surface area contributed by atoms with E-state index < -0.39 is 0 Å². The van der Waals surface area contributed by atoms with E-state index in [-0.39, 0.29) is 6.17 Å². The Morgan fingerprint density at radius 2 is 1.86 bits per heavy atom. The molecule has 3 heteroatoms. The molecule has 0 bridgehead atoms. The van der Waals surface area contributed by atoms with Crippen molar-refractivity contribution in [3.05, 3.63) is 66.2 Å². The number of anilines is 1. The molecule has 0 spiro atoms. The first kappa shape index (κ1) is 14.0. The molecule has 0 amide bonds. The van der Waals surface area contributed by atoms with Crippen molar-refractivity contribution in [2.24, 2.45) is 4.99 Å². The number of rotatable bonds is 3. The topological polar surface area (TPSA) is 24.4 Å². The third-order valence-corrected chi connectivity index (χ3v) is 4.34. The molecular formula is C18H18N2S. The van der Waals surface area contributed by atoms with E-state index in [4.69, 9.17) is 4.99 Å². The fourth-order valence-electron chi connectivity index (χ4n) is 2.51. The molecule has 21 heavy (non-hydrogen) atoms. The van der Waals surface area contributed by atoms with Crippen LogP contribution in [0.3, 0.4) is 0 Å². The Hall–Kier alpha value is -2.00. The van der Waals surface area contributed by atoms with Gasteiger partial charge in [-0.15, -0.1) is 11.8 Å². The van der Waals surface area contributed by atoms with Crippen LogP contribution in [-0.2, 0) is 0 Å². The molecule has 2 aromatic rings. The van der Waals surface area contributed by atoms with Crippen LogP contribution >= 0.6 is 11.8 Å². The first-order valence-electron chi connectivity index (χ1n) is 6.96. The first-order chi connectivity index (χ1) is 10.2. The maximum absolute atomic E-state index is 4.74. The molecule has 0 aromatic heterocycles. The zero-order valence-corrected chi connectivity index (χ0v) is 13.1. The maximum atomic E-state index is 4.74. The van der Waals surface area contributed by atoms with E-state index in [1.54, 1.807) is 11.8 Å². The van der Waals surface area contributed by atoms with Gasteiger partial charge in [-0.05, 0) is 36.9 Å². The van der Waals surface area contributed by atoms with Crippen molar-refractivity contribution in [1.29, 1.82) is 0 Å². The maximum Gasteiger partial charge on any atom is 0.116 e. The van der Waals surface area contributed by atoms with Crippen LogP contribution in [0.5, 0.6) is 0 Å². The summed E-state index contributed by atoms with van der Waals surface area (Å²) in [4.78, 5) is 6.00. The van der Waals surface area contributed by atoms with Gasteiger partial charge in [0.15, 0.2) is 0 Å². The Morgan fingerprint density at radius 1 is 1.14 bits per heavy atom. The van der Waals surface area contributed by atoms with Gasteiger partial charge in [0, 0.05) is 21.7 Å². The third kappa shape index (κ3) is 2.74. The monoisotopic (exact) mass is 294 g/mol. The average molecular weight is 294 g/mol. The molecule has 1 aliphatic rings. The standard InChI is InChI=1S/C18H18N2S/c1-12(14-8-10-15(21-3)11-9-14)18-16-6-4-5-7-17(16)19-13(2)20-18/h4-11,13,19H,1H2,2-3H3. The molecule has 2 nitrogen and oxygen atoms in total. The number of nitrogens with one attached hydrogen (secondary N) is 1. The van der Waals surface area contributed by atoms with Crippen LogP contribution in [-0.4, -0.2) is 18.1 Å². The van der Waals surface area contributed by atoms with Crippen LogP contribution in [0.2, 0.25) is 0 Å². The van der Waals surface area contributed by atoms with Crippen molar-refractivity contribution >= 4 is 28.7 Å². The number of allylic oxidation sites excluding steroid dienone is 1. The molecule has 0 saturated carbocycles. The van der Waals surface area contributed by atoms with E-state index in [0.717, 1.165) is 28.1 Å². The molecule has 1 heterocycles. The zero-order chi connectivity index (χ0) is 14.8. The van der Waals surface area contributed by atoms with E-state index in [2.05, 4.69) is 61.5 Å². The minimum atomic E-state index is 0.0668. The molecule has 0 radical (unpaired) electrons. The quantitative estimate of drug-likeness (QED) is 0.831. The SMILES string of the molecule is C=C(C1=NC(C)Nc2ccccc21)c1ccc(SC)cc1. The van der Waals surface area contributed by atoms with E-state index in [0.29, 0.717) is 0 Å². The van der Waals surface area contributed by atoms with Gasteiger partial charge in [0.25, 0.3) is 0 Å². The van der Waals surface area contributed by atoms with Gasteiger partial charge in [-0.25, -0.2) is 0 Å². The average Bonchev–Trinajstić information content (AvgIpc) is 2.53. The van der Waals surface area contributed by atoms with Crippen molar-refractivity contribution in [2.45, 2.75) is 18.0 Å². The molecule has 1 N–H and O–H groups in total. The summed E-state index contributed by atoms with van der Waals surface area (Å²) in [6.07, 6.45) is 2.15. The number of aliphatic imine (C=N–C) groups is 1. The lowest BCUT2D eigenvalue weighted by Gasteiger charge is -2.24. The van der Waals surface area contributed by atoms with Crippen molar-refractivity contribution in [1.82, 2.24) is 0 Å². The molecule has 0 saturated heterocycles. The van der Waals surface area contributed by atoms with Gasteiger partial charge in [0.2, 0.25) is 0 Å². The molecule has 2 aromatic carbocycles. The number of para-hydroxylation sites is 1. The van der Waals surface area contributed by atoms with Gasteiger partial charge in [0.05, 0.1) is 5.71 Å². The summed E-state index contributed by atoms with van der Waals surface area (Å²) in [6.45, 7) is 6.33. The van der Waals surface area contributed by atoms with Crippen LogP contribution in [0.25, 0.3) is 5.57 Å². The zero-order valence-electron chi connectivity index (χ0n) is 12.3. The van der Waals surface area contributed by atoms with E-state index in [1.165, 1.54) is 4.90 Å². The van der Waals surface area contributed by atoms with Gasteiger partial charge in [-0.3, -0.25) is 4.99 Å². The highest BCUT2D eigenvalue weighted by Gasteiger charge is 2.19. The second-order valence-electron chi connectivity index (χ2n) is 5.05. The lowest BCUT2D eigenvalue weighted by atomic mass is 9.95. The lowest BCUT2D eigenvalue weighted by molar-refractivity contribution is 0.845. The Kier molecular flexibility index (Phi) is 3.84. The summed E-state index contributed by atoms with van der Waals surface area (Å²) < 4.78 is 0. The fourth-order valence-corrected chi connectivity index (χ4v) is 2.91. The second-order valence-corrected chi connectivity index (χ2v) is 5.93. The van der Waals surface area contributed by atoms with E-state index in [1.807, 2.05) is 12.1 Å². The highest BCUT2D eigenvalue weighted by Crippen LogP contribution is 2.29. The highest BCUT2D eigenvalue weighted by atomic mass is 32.2. The Bertz CT molecular complexity index is 701. The van der Waals surface area contributed by atoms with Crippen molar-refractivity contribution < 1.29 is 0 Å². The highest BCUT2D eigenvalue weighted by molar-refractivity contribution is 7.98.